The van der Waals surface area contributed by atoms with E-state index in [2.05, 4.69) is 5.32 Å². The first-order valence-electron chi connectivity index (χ1n) is 5.50. The molecule has 98 valence electrons. The summed E-state index contributed by atoms with van der Waals surface area (Å²) in [5.74, 6) is -0.164. The molecule has 0 saturated heterocycles. The fourth-order valence-electron chi connectivity index (χ4n) is 1.78. The Morgan fingerprint density at radius 3 is 2.26 bits per heavy atom. The average Bonchev–Trinajstić information content (AvgIpc) is 2.37. The van der Waals surface area contributed by atoms with E-state index in [0.717, 1.165) is 5.56 Å². The molecule has 0 aliphatic heterocycles. The molecule has 19 heavy (non-hydrogen) atoms. The molecule has 0 aliphatic rings. The van der Waals surface area contributed by atoms with Crippen molar-refractivity contribution in [3.63, 3.8) is 0 Å². The van der Waals surface area contributed by atoms with Gasteiger partial charge in [0.2, 0.25) is 0 Å². The van der Waals surface area contributed by atoms with E-state index >= 15 is 0 Å². The zero-order valence-electron chi connectivity index (χ0n) is 10.0. The van der Waals surface area contributed by atoms with E-state index in [4.69, 9.17) is 34.8 Å². The minimum Gasteiger partial charge on any atom is -0.355 e. The van der Waals surface area contributed by atoms with Crippen LogP contribution in [0.5, 0.6) is 0 Å². The quantitative estimate of drug-likeness (QED) is 0.857. The first kappa shape index (κ1) is 14.2. The molecule has 0 fully saturated rings. The Hall–Kier alpha value is -1.22. The Bertz CT molecular complexity index is 617. The zero-order chi connectivity index (χ0) is 14.0. The lowest BCUT2D eigenvalue weighted by Gasteiger charge is -2.09. The van der Waals surface area contributed by atoms with Crippen LogP contribution in [-0.2, 0) is 0 Å². The van der Waals surface area contributed by atoms with E-state index in [-0.39, 0.29) is 5.91 Å². The zero-order valence-corrected chi connectivity index (χ0v) is 12.3. The lowest BCUT2D eigenvalue weighted by molar-refractivity contribution is 0.0963. The van der Waals surface area contributed by atoms with Gasteiger partial charge in [0.15, 0.2) is 0 Å². The molecule has 1 amide bonds. The fourth-order valence-corrected chi connectivity index (χ4v) is 2.81. The Balaban J connectivity index is 2.57. The minimum absolute atomic E-state index is 0.164. The summed E-state index contributed by atoms with van der Waals surface area (Å²) in [6, 6.07) is 10.3. The molecule has 5 heteroatoms. The topological polar surface area (TPSA) is 29.1 Å². The molecular formula is C14H10Cl3NO. The highest BCUT2D eigenvalue weighted by atomic mass is 35.5. The molecular weight excluding hydrogens is 305 g/mol. The number of benzene rings is 2. The van der Waals surface area contributed by atoms with Gasteiger partial charge < -0.3 is 5.32 Å². The van der Waals surface area contributed by atoms with Crippen LogP contribution in [0, 0.1) is 0 Å². The van der Waals surface area contributed by atoms with Crippen molar-refractivity contribution in [1.29, 1.82) is 0 Å². The highest BCUT2D eigenvalue weighted by molar-refractivity contribution is 6.41. The fraction of sp³-hybridized carbons (Fsp3) is 0.0714. The Kier molecular flexibility index (Phi) is 4.35. The third kappa shape index (κ3) is 3.03. The number of amides is 1. The molecule has 0 unspecified atom stereocenters. The highest BCUT2D eigenvalue weighted by Crippen LogP contribution is 2.37. The molecule has 2 aromatic rings. The van der Waals surface area contributed by atoms with Gasteiger partial charge in [-0.1, -0.05) is 46.9 Å². The summed E-state index contributed by atoms with van der Waals surface area (Å²) in [5, 5.41) is 3.95. The van der Waals surface area contributed by atoms with E-state index in [0.29, 0.717) is 26.2 Å². The molecule has 0 bridgehead atoms. The van der Waals surface area contributed by atoms with E-state index in [1.807, 2.05) is 6.07 Å². The summed E-state index contributed by atoms with van der Waals surface area (Å²) in [6.45, 7) is 0. The van der Waals surface area contributed by atoms with Gasteiger partial charge >= 0.3 is 0 Å². The second-order valence-electron chi connectivity index (χ2n) is 3.90. The molecule has 1 N–H and O–H groups in total. The first-order valence-corrected chi connectivity index (χ1v) is 6.63. The largest absolute Gasteiger partial charge is 0.355 e. The molecule has 0 radical (unpaired) electrons. The average molecular weight is 315 g/mol. The maximum atomic E-state index is 11.6. The molecule has 2 nitrogen and oxygen atoms in total. The number of nitrogens with one attached hydrogen (secondary N) is 1. The van der Waals surface area contributed by atoms with E-state index in [1.165, 1.54) is 0 Å². The second kappa shape index (κ2) is 5.83. The maximum absolute atomic E-state index is 11.6. The lowest BCUT2D eigenvalue weighted by Crippen LogP contribution is -2.17. The smallest absolute Gasteiger partial charge is 0.251 e. The minimum atomic E-state index is -0.164. The van der Waals surface area contributed by atoms with Crippen LogP contribution in [0.4, 0.5) is 0 Å². The van der Waals surface area contributed by atoms with Crippen LogP contribution in [0.15, 0.2) is 36.4 Å². The van der Waals surface area contributed by atoms with Crippen molar-refractivity contribution in [2.75, 3.05) is 7.05 Å². The van der Waals surface area contributed by atoms with Crippen LogP contribution in [-0.4, -0.2) is 13.0 Å². The number of carbonyl (C=O) groups excluding carboxylic acids is 1. The van der Waals surface area contributed by atoms with Gasteiger partial charge in [0.25, 0.3) is 5.91 Å². The van der Waals surface area contributed by atoms with Crippen molar-refractivity contribution >= 4 is 40.7 Å². The van der Waals surface area contributed by atoms with E-state index in [9.17, 15) is 4.79 Å². The molecule has 2 rings (SSSR count). The van der Waals surface area contributed by atoms with Crippen molar-refractivity contribution in [2.45, 2.75) is 0 Å². The standard InChI is InChI=1S/C14H10Cl3NO/c1-18-14(19)9-4-2-3-8(5-9)13-11(16)6-10(15)7-12(13)17/h2-7H,1H3,(H,18,19). The predicted octanol–water partition coefficient (Wildman–Crippen LogP) is 4.67. The van der Waals surface area contributed by atoms with Gasteiger partial charge in [-0.05, 0) is 29.8 Å². The number of rotatable bonds is 2. The third-order valence-electron chi connectivity index (χ3n) is 2.65. The Morgan fingerprint density at radius 1 is 1.05 bits per heavy atom. The molecule has 0 heterocycles. The normalized spacial score (nSPS) is 10.3. The lowest BCUT2D eigenvalue weighted by atomic mass is 10.0. The van der Waals surface area contributed by atoms with Gasteiger partial charge in [0.05, 0.1) is 10.0 Å². The number of hydrogen-bond donors (Lipinski definition) is 1. The number of halogens is 3. The van der Waals surface area contributed by atoms with E-state index in [1.54, 1.807) is 37.4 Å². The van der Waals surface area contributed by atoms with Crippen LogP contribution in [0.25, 0.3) is 11.1 Å². The summed E-state index contributed by atoms with van der Waals surface area (Å²) in [4.78, 5) is 11.6. The van der Waals surface area contributed by atoms with E-state index < -0.39 is 0 Å². The summed E-state index contributed by atoms with van der Waals surface area (Å²) in [7, 11) is 1.58. The molecule has 0 spiro atoms. The SMILES string of the molecule is CNC(=O)c1cccc(-c2c(Cl)cc(Cl)cc2Cl)c1. The number of carbonyl (C=O) groups is 1. The Labute approximate surface area is 126 Å². The summed E-state index contributed by atoms with van der Waals surface area (Å²) >= 11 is 18.2. The molecule has 2 aromatic carbocycles. The van der Waals surface area contributed by atoms with Crippen LogP contribution >= 0.6 is 34.8 Å². The van der Waals surface area contributed by atoms with Gasteiger partial charge in [0, 0.05) is 23.2 Å². The summed E-state index contributed by atoms with van der Waals surface area (Å²) in [6.07, 6.45) is 0. The van der Waals surface area contributed by atoms with Crippen molar-refractivity contribution in [3.05, 3.63) is 57.0 Å². The van der Waals surface area contributed by atoms with Gasteiger partial charge in [-0.15, -0.1) is 0 Å². The predicted molar refractivity (Wildman–Crippen MR) is 80.3 cm³/mol. The van der Waals surface area contributed by atoms with Crippen LogP contribution in [0.2, 0.25) is 15.1 Å². The van der Waals surface area contributed by atoms with Gasteiger partial charge in [0.1, 0.15) is 0 Å². The third-order valence-corrected chi connectivity index (χ3v) is 3.46. The maximum Gasteiger partial charge on any atom is 0.251 e. The monoisotopic (exact) mass is 313 g/mol. The van der Waals surface area contributed by atoms with Crippen molar-refractivity contribution < 1.29 is 4.79 Å². The Morgan fingerprint density at radius 2 is 1.68 bits per heavy atom. The van der Waals surface area contributed by atoms with Gasteiger partial charge in [-0.3, -0.25) is 4.79 Å². The van der Waals surface area contributed by atoms with Crippen LogP contribution < -0.4 is 5.32 Å². The summed E-state index contributed by atoms with van der Waals surface area (Å²) < 4.78 is 0. The van der Waals surface area contributed by atoms with Crippen LogP contribution in [0.1, 0.15) is 10.4 Å². The van der Waals surface area contributed by atoms with Crippen LogP contribution in [0.3, 0.4) is 0 Å². The highest BCUT2D eigenvalue weighted by Gasteiger charge is 2.12. The van der Waals surface area contributed by atoms with Gasteiger partial charge in [-0.25, -0.2) is 0 Å². The van der Waals surface area contributed by atoms with Crippen molar-refractivity contribution in [3.8, 4) is 11.1 Å². The van der Waals surface area contributed by atoms with Crippen molar-refractivity contribution in [2.24, 2.45) is 0 Å². The number of hydrogen-bond acceptors (Lipinski definition) is 1. The van der Waals surface area contributed by atoms with Crippen molar-refractivity contribution in [1.82, 2.24) is 5.32 Å². The summed E-state index contributed by atoms with van der Waals surface area (Å²) in [5.41, 5.74) is 1.98. The molecule has 0 aliphatic carbocycles. The second-order valence-corrected chi connectivity index (χ2v) is 5.16. The molecule has 0 atom stereocenters. The first-order chi connectivity index (χ1) is 9.02. The molecule has 0 saturated carbocycles. The molecule has 0 aromatic heterocycles. The van der Waals surface area contributed by atoms with Gasteiger partial charge in [-0.2, -0.15) is 0 Å².